The van der Waals surface area contributed by atoms with E-state index in [1.807, 2.05) is 74.5 Å². The summed E-state index contributed by atoms with van der Waals surface area (Å²) in [6.45, 7) is 7.88. The number of allylic oxidation sites excluding steroid dienone is 1. The van der Waals surface area contributed by atoms with Crippen LogP contribution in [0.15, 0.2) is 124 Å². The highest BCUT2D eigenvalue weighted by molar-refractivity contribution is 7.07. The number of nitrogens with one attached hydrogen (secondary N) is 1. The van der Waals surface area contributed by atoms with Crippen molar-refractivity contribution in [3.63, 3.8) is 0 Å². The number of amides is 1. The molecule has 51 heavy (non-hydrogen) atoms. The minimum Gasteiger partial charge on any atom is -0.493 e. The monoisotopic (exact) mass is 694 g/mol. The number of para-hydroxylation sites is 1. The van der Waals surface area contributed by atoms with Gasteiger partial charge in [0.2, 0.25) is 0 Å². The van der Waals surface area contributed by atoms with Gasteiger partial charge in [-0.3, -0.25) is 14.2 Å². The van der Waals surface area contributed by atoms with Gasteiger partial charge in [0.05, 0.1) is 36.1 Å². The first-order valence-corrected chi connectivity index (χ1v) is 17.5. The summed E-state index contributed by atoms with van der Waals surface area (Å²) in [7, 11) is 3.14. The molecule has 0 radical (unpaired) electrons. The number of aromatic nitrogens is 2. The average molecular weight is 695 g/mol. The van der Waals surface area contributed by atoms with Crippen LogP contribution in [0.2, 0.25) is 0 Å². The van der Waals surface area contributed by atoms with E-state index in [0.717, 1.165) is 33.8 Å². The first kappa shape index (κ1) is 33.6. The van der Waals surface area contributed by atoms with Gasteiger partial charge in [-0.25, -0.2) is 4.99 Å². The molecule has 1 N–H and O–H groups in total. The summed E-state index contributed by atoms with van der Waals surface area (Å²) >= 11 is 1.31. The largest absolute Gasteiger partial charge is 0.493 e. The smallest absolute Gasteiger partial charge is 0.271 e. The lowest BCUT2D eigenvalue weighted by Gasteiger charge is -2.26. The van der Waals surface area contributed by atoms with E-state index in [-0.39, 0.29) is 11.5 Å². The number of rotatable bonds is 8. The predicted molar refractivity (Wildman–Crippen MR) is 204 cm³/mol. The summed E-state index contributed by atoms with van der Waals surface area (Å²) in [5.41, 5.74) is 9.34. The maximum atomic E-state index is 14.5. The summed E-state index contributed by atoms with van der Waals surface area (Å²) in [6.07, 6.45) is 1.93. The molecule has 1 amide bonds. The lowest BCUT2D eigenvalue weighted by Crippen LogP contribution is -2.40. The van der Waals surface area contributed by atoms with E-state index in [0.29, 0.717) is 43.4 Å². The van der Waals surface area contributed by atoms with Gasteiger partial charge in [0.1, 0.15) is 0 Å². The zero-order chi connectivity index (χ0) is 35.8. The maximum absolute atomic E-state index is 14.5. The normalized spacial score (nSPS) is 14.2. The van der Waals surface area contributed by atoms with Gasteiger partial charge in [-0.05, 0) is 98.0 Å². The second kappa shape index (κ2) is 13.8. The molecular weight excluding hydrogens is 657 g/mol. The Labute approximate surface area is 300 Å². The van der Waals surface area contributed by atoms with Gasteiger partial charge in [0.25, 0.3) is 11.5 Å². The highest BCUT2D eigenvalue weighted by atomic mass is 32.1. The van der Waals surface area contributed by atoms with Crippen LogP contribution in [-0.2, 0) is 4.79 Å². The molecule has 1 aliphatic rings. The molecule has 0 fully saturated rings. The minimum atomic E-state index is -0.761. The molecule has 0 saturated heterocycles. The molecule has 0 bridgehead atoms. The number of nitrogens with zero attached hydrogens (tertiary/aromatic N) is 3. The molecule has 8 nitrogen and oxygen atoms in total. The highest BCUT2D eigenvalue weighted by Gasteiger charge is 2.33. The second-order valence-electron chi connectivity index (χ2n) is 12.5. The van der Waals surface area contributed by atoms with Gasteiger partial charge in [-0.1, -0.05) is 78.1 Å². The van der Waals surface area contributed by atoms with Crippen LogP contribution in [0.25, 0.3) is 22.9 Å². The number of thiazole rings is 1. The number of benzene rings is 4. The first-order valence-electron chi connectivity index (χ1n) is 16.6. The number of hydrogen-bond acceptors (Lipinski definition) is 6. The molecule has 0 saturated carbocycles. The summed E-state index contributed by atoms with van der Waals surface area (Å²) in [5.74, 6) is 0.710. The summed E-state index contributed by atoms with van der Waals surface area (Å²) in [5, 5.41) is 3.07. The molecule has 4 aromatic carbocycles. The Balaban J connectivity index is 1.33. The fourth-order valence-electron chi connectivity index (χ4n) is 6.76. The summed E-state index contributed by atoms with van der Waals surface area (Å²) < 4.78 is 15.5. The molecule has 1 atom stereocenters. The van der Waals surface area contributed by atoms with Crippen LogP contribution >= 0.6 is 11.3 Å². The van der Waals surface area contributed by atoms with E-state index in [2.05, 4.69) is 66.2 Å². The number of carbonyl (C=O) groups excluding carboxylic acids is 1. The molecule has 1 unspecified atom stereocenters. The van der Waals surface area contributed by atoms with Crippen LogP contribution in [0, 0.1) is 20.8 Å². The Morgan fingerprint density at radius 2 is 1.51 bits per heavy atom. The molecule has 2 aromatic heterocycles. The second-order valence-corrected chi connectivity index (χ2v) is 13.5. The van der Waals surface area contributed by atoms with Crippen molar-refractivity contribution >= 4 is 29.0 Å². The Kier molecular flexibility index (Phi) is 9.06. The van der Waals surface area contributed by atoms with Gasteiger partial charge in [0, 0.05) is 22.8 Å². The van der Waals surface area contributed by atoms with Crippen LogP contribution in [-0.4, -0.2) is 29.3 Å². The number of hydrogen-bond donors (Lipinski definition) is 1. The van der Waals surface area contributed by atoms with Crippen LogP contribution in [0.1, 0.15) is 41.0 Å². The van der Waals surface area contributed by atoms with Crippen LogP contribution < -0.4 is 29.7 Å². The third-order valence-corrected chi connectivity index (χ3v) is 10.4. The Morgan fingerprint density at radius 1 is 0.824 bits per heavy atom. The molecular formula is C42H38N4O4S. The van der Waals surface area contributed by atoms with Crippen LogP contribution in [0.3, 0.4) is 0 Å². The SMILES string of the molecule is COc1ccc(C2C(C(=O)Nc3ccccc3C)=C(C)N=c3s/c(=C\c4cc(C)n(-c5ccc(-c6ccccc6)cc5)c4C)c(=O)n32)cc1OC. The maximum Gasteiger partial charge on any atom is 0.271 e. The van der Waals surface area contributed by atoms with E-state index in [1.165, 1.54) is 16.9 Å². The van der Waals surface area contributed by atoms with E-state index < -0.39 is 6.04 Å². The fourth-order valence-corrected chi connectivity index (χ4v) is 7.80. The highest BCUT2D eigenvalue weighted by Crippen LogP contribution is 2.36. The summed E-state index contributed by atoms with van der Waals surface area (Å²) in [4.78, 5) is 33.9. The standard InChI is InChI=1S/C42H38N4O4S/c1-25-12-10-11-15-34(25)44-40(47)38-27(3)43-42-46(39(38)31-18-21-35(49-5)36(23-31)50-6)41(48)37(51-42)24-32-22-26(2)45(28(32)4)33-19-16-30(17-20-33)29-13-8-7-9-14-29/h7-24,39H,1-6H3,(H,44,47)/b37-24-. The zero-order valence-corrected chi connectivity index (χ0v) is 30.2. The Morgan fingerprint density at radius 3 is 2.22 bits per heavy atom. The molecule has 0 spiro atoms. The van der Waals surface area contributed by atoms with Crippen molar-refractivity contribution < 1.29 is 14.3 Å². The molecule has 7 rings (SSSR count). The van der Waals surface area contributed by atoms with Crippen molar-refractivity contribution in [1.82, 2.24) is 9.13 Å². The number of methoxy groups -OCH3 is 2. The van der Waals surface area contributed by atoms with E-state index in [9.17, 15) is 9.59 Å². The lowest BCUT2D eigenvalue weighted by atomic mass is 9.94. The van der Waals surface area contributed by atoms with Gasteiger partial charge < -0.3 is 19.4 Å². The van der Waals surface area contributed by atoms with Crippen LogP contribution in [0.5, 0.6) is 11.5 Å². The van der Waals surface area contributed by atoms with Crippen molar-refractivity contribution in [2.24, 2.45) is 4.99 Å². The third kappa shape index (κ3) is 6.21. The number of fused-ring (bicyclic) bond motifs is 1. The van der Waals surface area contributed by atoms with Crippen molar-refractivity contribution in [2.75, 3.05) is 19.5 Å². The Hall–Kier alpha value is -5.93. The molecule has 0 aliphatic carbocycles. The third-order valence-electron chi connectivity index (χ3n) is 9.37. The first-order chi connectivity index (χ1) is 24.7. The van der Waals surface area contributed by atoms with E-state index in [1.54, 1.807) is 24.9 Å². The van der Waals surface area contributed by atoms with Gasteiger partial charge >= 0.3 is 0 Å². The molecule has 9 heteroatoms. The quantitative estimate of drug-likeness (QED) is 0.182. The molecule has 1 aliphatic heterocycles. The van der Waals surface area contributed by atoms with Crippen molar-refractivity contribution in [2.45, 2.75) is 33.7 Å². The van der Waals surface area contributed by atoms with E-state index >= 15 is 0 Å². The average Bonchev–Trinajstić information content (AvgIpc) is 3.60. The van der Waals surface area contributed by atoms with Gasteiger partial charge in [0.15, 0.2) is 16.3 Å². The van der Waals surface area contributed by atoms with Crippen molar-refractivity contribution in [3.8, 4) is 28.3 Å². The molecule has 6 aromatic rings. The lowest BCUT2D eigenvalue weighted by molar-refractivity contribution is -0.113. The number of carbonyl (C=O) groups is 1. The van der Waals surface area contributed by atoms with Crippen molar-refractivity contribution in [3.05, 3.63) is 162 Å². The van der Waals surface area contributed by atoms with Gasteiger partial charge in [-0.2, -0.15) is 0 Å². The predicted octanol–water partition coefficient (Wildman–Crippen LogP) is 7.27. The summed E-state index contributed by atoms with van der Waals surface area (Å²) in [6, 6.07) is 33.2. The topological polar surface area (TPSA) is 86.9 Å². The zero-order valence-electron chi connectivity index (χ0n) is 29.4. The number of anilines is 1. The van der Waals surface area contributed by atoms with Crippen molar-refractivity contribution in [1.29, 1.82) is 0 Å². The fraction of sp³-hybridized carbons (Fsp3) is 0.167. The molecule has 3 heterocycles. The van der Waals surface area contributed by atoms with Gasteiger partial charge in [-0.15, -0.1) is 0 Å². The van der Waals surface area contributed by atoms with E-state index in [4.69, 9.17) is 14.5 Å². The number of ether oxygens (including phenoxy) is 2. The van der Waals surface area contributed by atoms with Crippen LogP contribution in [0.4, 0.5) is 5.69 Å². The molecule has 256 valence electrons. The minimum absolute atomic E-state index is 0.232. The number of aryl methyl sites for hydroxylation is 2. The Bertz CT molecular complexity index is 2510.